The molecule has 0 N–H and O–H groups in total. The predicted molar refractivity (Wildman–Crippen MR) is 80.5 cm³/mol. The third-order valence-electron chi connectivity index (χ3n) is 3.66. The van der Waals surface area contributed by atoms with Gasteiger partial charge in [-0.3, -0.25) is 0 Å². The second-order valence-electron chi connectivity index (χ2n) is 4.88. The summed E-state index contributed by atoms with van der Waals surface area (Å²) in [7, 11) is 1.78. The van der Waals surface area contributed by atoms with Gasteiger partial charge < -0.3 is 9.30 Å². The van der Waals surface area contributed by atoms with Crippen LogP contribution >= 0.6 is 0 Å². The van der Waals surface area contributed by atoms with Crippen LogP contribution in [0.15, 0.2) is 61.2 Å². The van der Waals surface area contributed by atoms with E-state index < -0.39 is 0 Å². The van der Waals surface area contributed by atoms with Crippen LogP contribution in [-0.4, -0.2) is 16.7 Å². The van der Waals surface area contributed by atoms with Gasteiger partial charge in [0.2, 0.25) is 0 Å². The van der Waals surface area contributed by atoms with Gasteiger partial charge in [0.15, 0.2) is 0 Å². The molecule has 3 aromatic rings. The molecule has 0 amide bonds. The molecule has 0 saturated heterocycles. The minimum atomic E-state index is 0.100. The van der Waals surface area contributed by atoms with Crippen molar-refractivity contribution in [2.75, 3.05) is 7.11 Å². The highest BCUT2D eigenvalue weighted by Gasteiger charge is 2.13. The molecule has 2 aromatic carbocycles. The van der Waals surface area contributed by atoms with Gasteiger partial charge in [-0.2, -0.15) is 0 Å². The van der Waals surface area contributed by atoms with Gasteiger partial charge in [-0.15, -0.1) is 0 Å². The molecule has 0 bridgehead atoms. The zero-order valence-corrected chi connectivity index (χ0v) is 11.6. The summed E-state index contributed by atoms with van der Waals surface area (Å²) >= 11 is 0. The van der Waals surface area contributed by atoms with E-state index in [0.717, 1.165) is 13.0 Å². The SMILES string of the molecule is COC(CCn1ccnc1)c1cccc2ccccc12. The maximum Gasteiger partial charge on any atom is 0.0945 e. The molecule has 1 atom stereocenters. The molecule has 3 heteroatoms. The van der Waals surface area contributed by atoms with Gasteiger partial charge in [-0.25, -0.2) is 4.98 Å². The maximum absolute atomic E-state index is 5.71. The third kappa shape index (κ3) is 2.58. The largest absolute Gasteiger partial charge is 0.377 e. The number of hydrogen-bond donors (Lipinski definition) is 0. The molecular formula is C17H18N2O. The first-order chi connectivity index (χ1) is 9.88. The van der Waals surface area contributed by atoms with Crippen molar-refractivity contribution in [1.29, 1.82) is 0 Å². The molecule has 3 rings (SSSR count). The molecule has 0 radical (unpaired) electrons. The summed E-state index contributed by atoms with van der Waals surface area (Å²) in [6.45, 7) is 0.904. The van der Waals surface area contributed by atoms with Gasteiger partial charge in [-0.1, -0.05) is 42.5 Å². The van der Waals surface area contributed by atoms with E-state index >= 15 is 0 Å². The number of aromatic nitrogens is 2. The van der Waals surface area contributed by atoms with E-state index in [2.05, 4.69) is 52.0 Å². The number of imidazole rings is 1. The summed E-state index contributed by atoms with van der Waals surface area (Å²) in [5.74, 6) is 0. The molecule has 0 aliphatic carbocycles. The number of aryl methyl sites for hydroxylation is 1. The lowest BCUT2D eigenvalue weighted by Gasteiger charge is -2.18. The Morgan fingerprint density at radius 1 is 1.15 bits per heavy atom. The van der Waals surface area contributed by atoms with Crippen LogP contribution in [-0.2, 0) is 11.3 Å². The summed E-state index contributed by atoms with van der Waals surface area (Å²) < 4.78 is 7.79. The highest BCUT2D eigenvalue weighted by atomic mass is 16.5. The van der Waals surface area contributed by atoms with Crippen molar-refractivity contribution in [1.82, 2.24) is 9.55 Å². The van der Waals surface area contributed by atoms with Crippen molar-refractivity contribution in [3.63, 3.8) is 0 Å². The minimum Gasteiger partial charge on any atom is -0.377 e. The Labute approximate surface area is 118 Å². The van der Waals surface area contributed by atoms with E-state index in [9.17, 15) is 0 Å². The summed E-state index contributed by atoms with van der Waals surface area (Å²) in [6, 6.07) is 14.8. The summed E-state index contributed by atoms with van der Waals surface area (Å²) in [5.41, 5.74) is 1.26. The van der Waals surface area contributed by atoms with E-state index in [0.29, 0.717) is 0 Å². The van der Waals surface area contributed by atoms with Crippen molar-refractivity contribution in [3.8, 4) is 0 Å². The molecule has 0 fully saturated rings. The van der Waals surface area contributed by atoms with Crippen LogP contribution in [0.2, 0.25) is 0 Å². The fraction of sp³-hybridized carbons (Fsp3) is 0.235. The number of ether oxygens (including phenoxy) is 1. The fourth-order valence-corrected chi connectivity index (χ4v) is 2.62. The molecule has 0 saturated carbocycles. The van der Waals surface area contributed by atoms with Crippen molar-refractivity contribution < 1.29 is 4.74 Å². The Balaban J connectivity index is 1.87. The summed E-state index contributed by atoms with van der Waals surface area (Å²) in [6.07, 6.45) is 6.66. The van der Waals surface area contributed by atoms with Crippen LogP contribution in [0.3, 0.4) is 0 Å². The van der Waals surface area contributed by atoms with Gasteiger partial charge in [-0.05, 0) is 22.8 Å². The standard InChI is InChI=1S/C17H18N2O/c1-20-17(9-11-19-12-10-18-13-19)16-8-4-6-14-5-2-3-7-15(14)16/h2-8,10,12-13,17H,9,11H2,1H3. The van der Waals surface area contributed by atoms with Gasteiger partial charge in [0, 0.05) is 26.0 Å². The van der Waals surface area contributed by atoms with Gasteiger partial charge in [0.1, 0.15) is 0 Å². The van der Waals surface area contributed by atoms with E-state index in [-0.39, 0.29) is 6.10 Å². The number of nitrogens with zero attached hydrogens (tertiary/aromatic N) is 2. The Morgan fingerprint density at radius 3 is 2.80 bits per heavy atom. The third-order valence-corrected chi connectivity index (χ3v) is 3.66. The number of rotatable bonds is 5. The lowest BCUT2D eigenvalue weighted by Crippen LogP contribution is -2.06. The lowest BCUT2D eigenvalue weighted by atomic mass is 9.98. The first-order valence-electron chi connectivity index (χ1n) is 6.84. The summed E-state index contributed by atoms with van der Waals surface area (Å²) in [5, 5.41) is 2.53. The molecule has 102 valence electrons. The highest BCUT2D eigenvalue weighted by Crippen LogP contribution is 2.28. The highest BCUT2D eigenvalue weighted by molar-refractivity contribution is 5.85. The Kier molecular flexibility index (Phi) is 3.79. The minimum absolute atomic E-state index is 0.100. The van der Waals surface area contributed by atoms with Crippen LogP contribution in [0.1, 0.15) is 18.1 Å². The zero-order chi connectivity index (χ0) is 13.8. The van der Waals surface area contributed by atoms with Crippen LogP contribution in [0.4, 0.5) is 0 Å². The van der Waals surface area contributed by atoms with Crippen LogP contribution in [0.5, 0.6) is 0 Å². The smallest absolute Gasteiger partial charge is 0.0945 e. The Hall–Kier alpha value is -2.13. The number of fused-ring (bicyclic) bond motifs is 1. The molecular weight excluding hydrogens is 248 g/mol. The van der Waals surface area contributed by atoms with Crippen molar-refractivity contribution in [3.05, 3.63) is 66.7 Å². The van der Waals surface area contributed by atoms with E-state index in [1.807, 2.05) is 12.5 Å². The Morgan fingerprint density at radius 2 is 2.00 bits per heavy atom. The molecule has 0 spiro atoms. The maximum atomic E-state index is 5.71. The van der Waals surface area contributed by atoms with E-state index in [1.54, 1.807) is 13.3 Å². The second-order valence-corrected chi connectivity index (χ2v) is 4.88. The molecule has 0 aliphatic heterocycles. The lowest BCUT2D eigenvalue weighted by molar-refractivity contribution is 0.0927. The molecule has 0 aliphatic rings. The van der Waals surface area contributed by atoms with Crippen molar-refractivity contribution in [2.24, 2.45) is 0 Å². The van der Waals surface area contributed by atoms with Crippen LogP contribution < -0.4 is 0 Å². The monoisotopic (exact) mass is 266 g/mol. The second kappa shape index (κ2) is 5.88. The number of methoxy groups -OCH3 is 1. The van der Waals surface area contributed by atoms with Crippen LogP contribution in [0.25, 0.3) is 10.8 Å². The number of hydrogen-bond acceptors (Lipinski definition) is 2. The average Bonchev–Trinajstić information content (AvgIpc) is 3.01. The quantitative estimate of drug-likeness (QED) is 0.702. The Bertz CT molecular complexity index is 671. The topological polar surface area (TPSA) is 27.1 Å². The molecule has 1 aromatic heterocycles. The molecule has 3 nitrogen and oxygen atoms in total. The van der Waals surface area contributed by atoms with E-state index in [1.165, 1.54) is 16.3 Å². The van der Waals surface area contributed by atoms with Crippen molar-refractivity contribution in [2.45, 2.75) is 19.1 Å². The van der Waals surface area contributed by atoms with Crippen molar-refractivity contribution >= 4 is 10.8 Å². The predicted octanol–water partition coefficient (Wildman–Crippen LogP) is 3.81. The van der Waals surface area contributed by atoms with Gasteiger partial charge in [0.25, 0.3) is 0 Å². The molecule has 1 unspecified atom stereocenters. The average molecular weight is 266 g/mol. The first kappa shape index (κ1) is 12.9. The van der Waals surface area contributed by atoms with Gasteiger partial charge in [0.05, 0.1) is 12.4 Å². The zero-order valence-electron chi connectivity index (χ0n) is 11.6. The first-order valence-corrected chi connectivity index (χ1v) is 6.84. The normalized spacial score (nSPS) is 12.7. The number of benzene rings is 2. The molecule has 1 heterocycles. The summed E-state index contributed by atoms with van der Waals surface area (Å²) in [4.78, 5) is 4.07. The fourth-order valence-electron chi connectivity index (χ4n) is 2.62. The van der Waals surface area contributed by atoms with Crippen LogP contribution in [0, 0.1) is 0 Å². The van der Waals surface area contributed by atoms with Gasteiger partial charge >= 0.3 is 0 Å². The molecule has 20 heavy (non-hydrogen) atoms. The van der Waals surface area contributed by atoms with E-state index in [4.69, 9.17) is 4.74 Å².